The lowest BCUT2D eigenvalue weighted by atomic mass is 9.81. The van der Waals surface area contributed by atoms with E-state index in [1.807, 2.05) is 0 Å². The summed E-state index contributed by atoms with van der Waals surface area (Å²) in [5, 5.41) is 13.7. The van der Waals surface area contributed by atoms with E-state index in [0.717, 1.165) is 25.8 Å². The van der Waals surface area contributed by atoms with E-state index in [0.29, 0.717) is 6.04 Å². The van der Waals surface area contributed by atoms with E-state index in [1.54, 1.807) is 0 Å². The van der Waals surface area contributed by atoms with Crippen molar-refractivity contribution in [1.82, 2.24) is 4.90 Å². The van der Waals surface area contributed by atoms with Crippen LogP contribution in [0.4, 0.5) is 0 Å². The van der Waals surface area contributed by atoms with Gasteiger partial charge < -0.3 is 10.0 Å². The quantitative estimate of drug-likeness (QED) is 0.912. The van der Waals surface area contributed by atoms with Gasteiger partial charge in [-0.2, -0.15) is 0 Å². The molecule has 2 aromatic carbocycles. The highest BCUT2D eigenvalue weighted by molar-refractivity contribution is 5.85. The summed E-state index contributed by atoms with van der Waals surface area (Å²) in [4.78, 5) is 2.57. The Bertz CT molecular complexity index is 648. The monoisotopic (exact) mass is 281 g/mol. The second-order valence-corrected chi connectivity index (χ2v) is 6.83. The Morgan fingerprint density at radius 2 is 1.95 bits per heavy atom. The molecule has 21 heavy (non-hydrogen) atoms. The molecule has 0 amide bonds. The molecule has 0 radical (unpaired) electrons. The highest BCUT2D eigenvalue weighted by Crippen LogP contribution is 2.36. The normalized spacial score (nSPS) is 29.7. The smallest absolute Gasteiger partial charge is 0.0715 e. The van der Waals surface area contributed by atoms with Gasteiger partial charge in [0, 0.05) is 19.0 Å². The largest absolute Gasteiger partial charge is 0.389 e. The van der Waals surface area contributed by atoms with Crippen molar-refractivity contribution in [3.8, 4) is 0 Å². The van der Waals surface area contributed by atoms with Crippen LogP contribution in [0.5, 0.6) is 0 Å². The second kappa shape index (κ2) is 5.11. The van der Waals surface area contributed by atoms with Gasteiger partial charge in [0.25, 0.3) is 0 Å². The summed E-state index contributed by atoms with van der Waals surface area (Å²) in [6.45, 7) is 2.29. The highest BCUT2D eigenvalue weighted by Gasteiger charge is 2.40. The van der Waals surface area contributed by atoms with E-state index in [1.165, 1.54) is 35.7 Å². The van der Waals surface area contributed by atoms with Crippen LogP contribution in [-0.2, 0) is 6.42 Å². The average Bonchev–Trinajstić information content (AvgIpc) is 2.94. The minimum atomic E-state index is -0.518. The first-order valence-corrected chi connectivity index (χ1v) is 8.17. The summed E-state index contributed by atoms with van der Waals surface area (Å²) in [5.41, 5.74) is 0.775. The molecular formula is C19H23NO. The molecule has 2 heterocycles. The Labute approximate surface area is 126 Å². The van der Waals surface area contributed by atoms with Crippen LogP contribution in [-0.4, -0.2) is 34.7 Å². The molecule has 2 fully saturated rings. The molecule has 2 aromatic rings. The Kier molecular flexibility index (Phi) is 3.24. The Morgan fingerprint density at radius 1 is 1.10 bits per heavy atom. The first-order valence-electron chi connectivity index (χ1n) is 8.17. The van der Waals surface area contributed by atoms with Crippen molar-refractivity contribution in [1.29, 1.82) is 0 Å². The van der Waals surface area contributed by atoms with Crippen molar-refractivity contribution in [2.45, 2.75) is 43.7 Å². The van der Waals surface area contributed by atoms with Crippen molar-refractivity contribution >= 4 is 10.8 Å². The topological polar surface area (TPSA) is 23.5 Å². The first-order chi connectivity index (χ1) is 10.2. The molecule has 2 aliphatic heterocycles. The van der Waals surface area contributed by atoms with Crippen molar-refractivity contribution in [3.63, 3.8) is 0 Å². The molecule has 0 spiro atoms. The summed E-state index contributed by atoms with van der Waals surface area (Å²) in [6, 6.07) is 15.6. The molecule has 0 aromatic heterocycles. The second-order valence-electron chi connectivity index (χ2n) is 6.83. The fraction of sp³-hybridized carbons (Fsp3) is 0.474. The third kappa shape index (κ3) is 2.47. The number of hydrogen-bond acceptors (Lipinski definition) is 2. The number of fused-ring (bicyclic) bond motifs is 2. The van der Waals surface area contributed by atoms with Crippen LogP contribution in [0.25, 0.3) is 10.8 Å². The summed E-state index contributed by atoms with van der Waals surface area (Å²) in [7, 11) is 0. The number of rotatable bonds is 2. The van der Waals surface area contributed by atoms with E-state index in [2.05, 4.69) is 47.4 Å². The summed E-state index contributed by atoms with van der Waals surface area (Å²) in [6.07, 6.45) is 5.20. The van der Waals surface area contributed by atoms with Gasteiger partial charge in [-0.25, -0.2) is 0 Å². The summed E-state index contributed by atoms with van der Waals surface area (Å²) < 4.78 is 0. The van der Waals surface area contributed by atoms with Crippen LogP contribution >= 0.6 is 0 Å². The highest BCUT2D eigenvalue weighted by atomic mass is 16.3. The lowest BCUT2D eigenvalue weighted by molar-refractivity contribution is -0.0351. The SMILES string of the molecule is OC1(Cc2cccc3ccccc23)CCN2CCCC2C1. The maximum absolute atomic E-state index is 11.1. The fourth-order valence-electron chi connectivity index (χ4n) is 4.27. The van der Waals surface area contributed by atoms with Gasteiger partial charge in [0.05, 0.1) is 5.60 Å². The molecule has 110 valence electrons. The van der Waals surface area contributed by atoms with Crippen LogP contribution in [0.3, 0.4) is 0 Å². The fourth-order valence-corrected chi connectivity index (χ4v) is 4.27. The Morgan fingerprint density at radius 3 is 2.90 bits per heavy atom. The summed E-state index contributed by atoms with van der Waals surface area (Å²) in [5.74, 6) is 0. The molecule has 2 unspecified atom stereocenters. The first kappa shape index (κ1) is 13.3. The van der Waals surface area contributed by atoms with Crippen molar-refractivity contribution in [2.75, 3.05) is 13.1 Å². The predicted molar refractivity (Wildman–Crippen MR) is 86.4 cm³/mol. The summed E-state index contributed by atoms with van der Waals surface area (Å²) >= 11 is 0. The van der Waals surface area contributed by atoms with E-state index < -0.39 is 5.60 Å². The zero-order chi connectivity index (χ0) is 14.3. The number of hydrogen-bond donors (Lipinski definition) is 1. The van der Waals surface area contributed by atoms with Gasteiger partial charge in [-0.1, -0.05) is 42.5 Å². The molecule has 2 aliphatic rings. The van der Waals surface area contributed by atoms with Gasteiger partial charge in [0.15, 0.2) is 0 Å². The number of aliphatic hydroxyl groups is 1. The Balaban J connectivity index is 1.62. The van der Waals surface area contributed by atoms with Crippen molar-refractivity contribution in [2.24, 2.45) is 0 Å². The van der Waals surface area contributed by atoms with Crippen LogP contribution in [0, 0.1) is 0 Å². The maximum Gasteiger partial charge on any atom is 0.0715 e. The van der Waals surface area contributed by atoms with Gasteiger partial charge in [-0.05, 0) is 48.6 Å². The number of nitrogens with zero attached hydrogens (tertiary/aromatic N) is 1. The minimum absolute atomic E-state index is 0.518. The van der Waals surface area contributed by atoms with Gasteiger partial charge >= 0.3 is 0 Å². The van der Waals surface area contributed by atoms with Crippen LogP contribution < -0.4 is 0 Å². The van der Waals surface area contributed by atoms with Gasteiger partial charge in [0.1, 0.15) is 0 Å². The maximum atomic E-state index is 11.1. The van der Waals surface area contributed by atoms with E-state index in [-0.39, 0.29) is 0 Å². The predicted octanol–water partition coefficient (Wildman–Crippen LogP) is 3.37. The molecule has 0 saturated carbocycles. The molecule has 2 nitrogen and oxygen atoms in total. The van der Waals surface area contributed by atoms with Crippen molar-refractivity contribution < 1.29 is 5.11 Å². The van der Waals surface area contributed by atoms with Gasteiger partial charge in [0.2, 0.25) is 0 Å². The third-order valence-electron chi connectivity index (χ3n) is 5.38. The van der Waals surface area contributed by atoms with Crippen molar-refractivity contribution in [3.05, 3.63) is 48.0 Å². The molecule has 4 rings (SSSR count). The van der Waals surface area contributed by atoms with Crippen LogP contribution in [0.1, 0.15) is 31.2 Å². The van der Waals surface area contributed by atoms with E-state index in [4.69, 9.17) is 0 Å². The number of benzene rings is 2. The number of piperidine rings is 1. The Hall–Kier alpha value is -1.38. The standard InChI is InChI=1S/C19H23NO/c21-19(10-12-20-11-4-8-17(20)14-19)13-16-7-3-6-15-5-1-2-9-18(15)16/h1-3,5-7,9,17,21H,4,8,10-14H2. The average molecular weight is 281 g/mol. The van der Waals surface area contributed by atoms with Crippen LogP contribution in [0.15, 0.2) is 42.5 Å². The zero-order valence-corrected chi connectivity index (χ0v) is 12.5. The molecule has 2 atom stereocenters. The minimum Gasteiger partial charge on any atom is -0.389 e. The molecule has 1 N–H and O–H groups in total. The van der Waals surface area contributed by atoms with Gasteiger partial charge in [-0.3, -0.25) is 0 Å². The van der Waals surface area contributed by atoms with Gasteiger partial charge in [-0.15, -0.1) is 0 Å². The van der Waals surface area contributed by atoms with E-state index >= 15 is 0 Å². The lowest BCUT2D eigenvalue weighted by Crippen LogP contribution is -2.48. The molecule has 2 saturated heterocycles. The molecule has 0 aliphatic carbocycles. The molecular weight excluding hydrogens is 258 g/mol. The molecule has 2 heteroatoms. The third-order valence-corrected chi connectivity index (χ3v) is 5.38. The van der Waals surface area contributed by atoms with Crippen LogP contribution in [0.2, 0.25) is 0 Å². The van der Waals surface area contributed by atoms with E-state index in [9.17, 15) is 5.11 Å². The molecule has 0 bridgehead atoms. The zero-order valence-electron chi connectivity index (χ0n) is 12.5. The lowest BCUT2D eigenvalue weighted by Gasteiger charge is -2.41.